The average Bonchev–Trinajstić information content (AvgIpc) is 2.64. The summed E-state index contributed by atoms with van der Waals surface area (Å²) in [7, 11) is 0. The normalized spacial score (nSPS) is 11.0. The molecule has 1 aromatic rings. The SMILES string of the molecule is Cc1c(Cl)c(O)c(CCCCCCCCCOC(=O)C(C)C)c(O)c1C=O. The van der Waals surface area contributed by atoms with Crippen molar-refractivity contribution in [2.24, 2.45) is 5.92 Å². The van der Waals surface area contributed by atoms with Crippen LogP contribution < -0.4 is 0 Å². The van der Waals surface area contributed by atoms with Crippen molar-refractivity contribution in [1.29, 1.82) is 0 Å². The van der Waals surface area contributed by atoms with E-state index in [2.05, 4.69) is 0 Å². The van der Waals surface area contributed by atoms with Crippen LogP contribution in [-0.2, 0) is 16.0 Å². The molecule has 152 valence electrons. The fourth-order valence-electron chi connectivity index (χ4n) is 2.89. The Kier molecular flexibility index (Phi) is 10.2. The average molecular weight is 399 g/mol. The number of hydrogen-bond donors (Lipinski definition) is 2. The summed E-state index contributed by atoms with van der Waals surface area (Å²) < 4.78 is 5.13. The Bertz CT molecular complexity index is 640. The Labute approximate surface area is 166 Å². The summed E-state index contributed by atoms with van der Waals surface area (Å²) in [6.45, 7) is 5.74. The Morgan fingerprint density at radius 1 is 1.04 bits per heavy atom. The summed E-state index contributed by atoms with van der Waals surface area (Å²) in [5, 5.41) is 20.4. The van der Waals surface area contributed by atoms with E-state index < -0.39 is 0 Å². The molecule has 0 unspecified atom stereocenters. The third-order valence-corrected chi connectivity index (χ3v) is 5.14. The topological polar surface area (TPSA) is 83.8 Å². The first-order valence-corrected chi connectivity index (χ1v) is 10.0. The number of esters is 1. The molecule has 0 radical (unpaired) electrons. The summed E-state index contributed by atoms with van der Waals surface area (Å²) in [5.74, 6) is -0.515. The molecular formula is C21H31ClO5. The number of unbranched alkanes of at least 4 members (excludes halogenated alkanes) is 6. The molecule has 2 N–H and O–H groups in total. The van der Waals surface area contributed by atoms with Gasteiger partial charge in [0.05, 0.1) is 23.1 Å². The highest BCUT2D eigenvalue weighted by atomic mass is 35.5. The summed E-state index contributed by atoms with van der Waals surface area (Å²) in [4.78, 5) is 22.4. The van der Waals surface area contributed by atoms with E-state index in [4.69, 9.17) is 16.3 Å². The highest BCUT2D eigenvalue weighted by Crippen LogP contribution is 2.40. The number of phenols is 2. The fraction of sp³-hybridized carbons (Fsp3) is 0.619. The van der Waals surface area contributed by atoms with E-state index in [0.29, 0.717) is 30.4 Å². The second-order valence-electron chi connectivity index (χ2n) is 7.19. The minimum absolute atomic E-state index is 0.0742. The molecular weight excluding hydrogens is 368 g/mol. The van der Waals surface area contributed by atoms with Crippen LogP contribution in [-0.4, -0.2) is 29.1 Å². The first kappa shape index (κ1) is 23.3. The molecule has 0 bridgehead atoms. The molecule has 0 spiro atoms. The van der Waals surface area contributed by atoms with Gasteiger partial charge in [0.25, 0.3) is 0 Å². The van der Waals surface area contributed by atoms with Crippen molar-refractivity contribution in [2.45, 2.75) is 72.1 Å². The van der Waals surface area contributed by atoms with Gasteiger partial charge in [0.15, 0.2) is 6.29 Å². The molecule has 0 saturated carbocycles. The second-order valence-corrected chi connectivity index (χ2v) is 7.57. The lowest BCUT2D eigenvalue weighted by atomic mass is 9.98. The maximum atomic E-state index is 11.3. The molecule has 1 rings (SSSR count). The van der Waals surface area contributed by atoms with E-state index in [1.807, 2.05) is 13.8 Å². The van der Waals surface area contributed by atoms with Gasteiger partial charge in [-0.25, -0.2) is 0 Å². The maximum Gasteiger partial charge on any atom is 0.308 e. The fourth-order valence-corrected chi connectivity index (χ4v) is 3.10. The van der Waals surface area contributed by atoms with E-state index in [-0.39, 0.29) is 34.0 Å². The van der Waals surface area contributed by atoms with E-state index in [1.54, 1.807) is 6.92 Å². The predicted molar refractivity (Wildman–Crippen MR) is 107 cm³/mol. The summed E-state index contributed by atoms with van der Waals surface area (Å²) in [6, 6.07) is 0. The highest BCUT2D eigenvalue weighted by molar-refractivity contribution is 6.33. The lowest BCUT2D eigenvalue weighted by Crippen LogP contribution is -2.12. The lowest BCUT2D eigenvalue weighted by molar-refractivity contribution is -0.147. The van der Waals surface area contributed by atoms with Gasteiger partial charge in [-0.1, -0.05) is 57.6 Å². The van der Waals surface area contributed by atoms with Gasteiger partial charge in [-0.05, 0) is 31.7 Å². The minimum atomic E-state index is -0.166. The van der Waals surface area contributed by atoms with Gasteiger partial charge in [-0.2, -0.15) is 0 Å². The monoisotopic (exact) mass is 398 g/mol. The standard InChI is InChI=1S/C21H31ClO5/c1-14(2)21(26)27-12-10-8-6-4-5-7-9-11-16-19(24)17(13-23)15(3)18(22)20(16)25/h13-14,24-25H,4-12H2,1-3H3. The second kappa shape index (κ2) is 11.9. The van der Waals surface area contributed by atoms with Crippen LogP contribution >= 0.6 is 11.6 Å². The van der Waals surface area contributed by atoms with Gasteiger partial charge in [0, 0.05) is 5.56 Å². The molecule has 0 atom stereocenters. The molecule has 0 aromatic heterocycles. The number of aromatic hydroxyl groups is 2. The lowest BCUT2D eigenvalue weighted by Gasteiger charge is -2.13. The van der Waals surface area contributed by atoms with Crippen molar-refractivity contribution in [3.05, 3.63) is 21.7 Å². The molecule has 0 amide bonds. The zero-order chi connectivity index (χ0) is 20.4. The number of benzene rings is 1. The van der Waals surface area contributed by atoms with Gasteiger partial charge in [0.1, 0.15) is 11.5 Å². The predicted octanol–water partition coefficient (Wildman–Crippen LogP) is 5.34. The smallest absolute Gasteiger partial charge is 0.308 e. The van der Waals surface area contributed by atoms with Gasteiger partial charge in [-0.15, -0.1) is 0 Å². The van der Waals surface area contributed by atoms with Crippen molar-refractivity contribution < 1.29 is 24.5 Å². The quantitative estimate of drug-likeness (QED) is 0.282. The zero-order valence-electron chi connectivity index (χ0n) is 16.5. The van der Waals surface area contributed by atoms with Crippen molar-refractivity contribution in [2.75, 3.05) is 6.61 Å². The van der Waals surface area contributed by atoms with Crippen LogP contribution in [0.4, 0.5) is 0 Å². The van der Waals surface area contributed by atoms with E-state index in [9.17, 15) is 19.8 Å². The Balaban J connectivity index is 2.25. The van der Waals surface area contributed by atoms with Crippen molar-refractivity contribution in [3.63, 3.8) is 0 Å². The molecule has 0 fully saturated rings. The molecule has 5 nitrogen and oxygen atoms in total. The van der Waals surface area contributed by atoms with Gasteiger partial charge in [-0.3, -0.25) is 9.59 Å². The number of ether oxygens (including phenoxy) is 1. The van der Waals surface area contributed by atoms with Gasteiger partial charge in [0.2, 0.25) is 0 Å². The molecule has 0 saturated heterocycles. The van der Waals surface area contributed by atoms with Crippen LogP contribution in [0, 0.1) is 12.8 Å². The van der Waals surface area contributed by atoms with Crippen LogP contribution in [0.1, 0.15) is 80.3 Å². The number of phenolic OH excluding ortho intramolecular Hbond substituents is 2. The Hall–Kier alpha value is -1.75. The number of carbonyl (C=O) groups excluding carboxylic acids is 2. The third-order valence-electron chi connectivity index (χ3n) is 4.67. The molecule has 0 heterocycles. The maximum absolute atomic E-state index is 11.3. The van der Waals surface area contributed by atoms with Crippen molar-refractivity contribution in [1.82, 2.24) is 0 Å². The Morgan fingerprint density at radius 3 is 2.15 bits per heavy atom. The largest absolute Gasteiger partial charge is 0.507 e. The van der Waals surface area contributed by atoms with Crippen LogP contribution in [0.2, 0.25) is 5.02 Å². The van der Waals surface area contributed by atoms with Crippen LogP contribution in [0.15, 0.2) is 0 Å². The van der Waals surface area contributed by atoms with Crippen molar-refractivity contribution >= 4 is 23.9 Å². The first-order chi connectivity index (χ1) is 12.8. The van der Waals surface area contributed by atoms with Gasteiger partial charge >= 0.3 is 5.97 Å². The molecule has 27 heavy (non-hydrogen) atoms. The van der Waals surface area contributed by atoms with Crippen LogP contribution in [0.3, 0.4) is 0 Å². The zero-order valence-corrected chi connectivity index (χ0v) is 17.3. The number of rotatable bonds is 12. The molecule has 0 aliphatic heterocycles. The number of aldehydes is 1. The van der Waals surface area contributed by atoms with E-state index >= 15 is 0 Å². The molecule has 0 aliphatic rings. The summed E-state index contributed by atoms with van der Waals surface area (Å²) in [6.07, 6.45) is 7.94. The van der Waals surface area contributed by atoms with E-state index in [1.165, 1.54) is 0 Å². The summed E-state index contributed by atoms with van der Waals surface area (Å²) >= 11 is 6.05. The Morgan fingerprint density at radius 2 is 1.59 bits per heavy atom. The minimum Gasteiger partial charge on any atom is -0.507 e. The number of hydrogen-bond acceptors (Lipinski definition) is 5. The highest BCUT2D eigenvalue weighted by Gasteiger charge is 2.19. The molecule has 6 heteroatoms. The number of halogens is 1. The summed E-state index contributed by atoms with van der Waals surface area (Å²) in [5.41, 5.74) is 0.884. The number of carbonyl (C=O) groups is 2. The van der Waals surface area contributed by atoms with Crippen LogP contribution in [0.25, 0.3) is 0 Å². The van der Waals surface area contributed by atoms with Gasteiger partial charge < -0.3 is 14.9 Å². The van der Waals surface area contributed by atoms with E-state index in [0.717, 1.165) is 44.9 Å². The first-order valence-electron chi connectivity index (χ1n) is 9.65. The van der Waals surface area contributed by atoms with Crippen LogP contribution in [0.5, 0.6) is 11.5 Å². The van der Waals surface area contributed by atoms with Crippen molar-refractivity contribution in [3.8, 4) is 11.5 Å². The molecule has 0 aliphatic carbocycles. The molecule has 1 aromatic carbocycles. The third kappa shape index (κ3) is 7.06.